The molecule has 1 aromatic carbocycles. The summed E-state index contributed by atoms with van der Waals surface area (Å²) < 4.78 is 1.77. The highest BCUT2D eigenvalue weighted by molar-refractivity contribution is 7.99. The number of anilines is 1. The normalized spacial score (nSPS) is 20.5. The Morgan fingerprint density at radius 3 is 2.61 bits per heavy atom. The van der Waals surface area contributed by atoms with Gasteiger partial charge in [-0.2, -0.15) is 5.10 Å². The molecule has 1 atom stereocenters. The SMILES string of the molecule is CC(=O)N1CCC2(CCN(c3cnc(Sc4ccc5nn(C)cc5c4Cl)cn3)CC2)C(N)C1. The molecule has 8 nitrogen and oxygen atoms in total. The predicted molar refractivity (Wildman–Crippen MR) is 131 cm³/mol. The quantitative estimate of drug-likeness (QED) is 0.608. The standard InChI is InChI=1S/C23H28ClN7OS/c1-15(32)31-10-7-23(19(25)14-31)5-8-30(9-6-23)20-11-27-21(12-26-20)33-18-4-3-17-16(22(18)24)13-29(2)28-17/h3-4,11-13,19H,5-10,14,25H2,1-2H3. The lowest BCUT2D eigenvalue weighted by Gasteiger charge is -2.50. The molecule has 5 rings (SSSR count). The van der Waals surface area contributed by atoms with Crippen molar-refractivity contribution >= 4 is 46.0 Å². The Labute approximate surface area is 202 Å². The second-order valence-corrected chi connectivity index (χ2v) is 10.5. The number of aromatic nitrogens is 4. The minimum Gasteiger partial charge on any atom is -0.355 e. The highest BCUT2D eigenvalue weighted by atomic mass is 35.5. The van der Waals surface area contributed by atoms with E-state index in [1.54, 1.807) is 11.6 Å². The van der Waals surface area contributed by atoms with Gasteiger partial charge in [-0.05, 0) is 36.8 Å². The second kappa shape index (κ2) is 8.77. The highest BCUT2D eigenvalue weighted by Crippen LogP contribution is 2.41. The van der Waals surface area contributed by atoms with E-state index in [-0.39, 0.29) is 17.4 Å². The van der Waals surface area contributed by atoms with Crippen molar-refractivity contribution < 1.29 is 4.79 Å². The first-order chi connectivity index (χ1) is 15.8. The Morgan fingerprint density at radius 2 is 1.94 bits per heavy atom. The van der Waals surface area contributed by atoms with Gasteiger partial charge in [-0.15, -0.1) is 0 Å². The van der Waals surface area contributed by atoms with Gasteiger partial charge >= 0.3 is 0 Å². The maximum atomic E-state index is 11.7. The van der Waals surface area contributed by atoms with Crippen LogP contribution in [0.2, 0.25) is 5.02 Å². The zero-order chi connectivity index (χ0) is 23.2. The highest BCUT2D eigenvalue weighted by Gasteiger charge is 2.43. The van der Waals surface area contributed by atoms with Gasteiger partial charge in [0.15, 0.2) is 0 Å². The van der Waals surface area contributed by atoms with Gasteiger partial charge in [-0.25, -0.2) is 9.97 Å². The van der Waals surface area contributed by atoms with E-state index in [0.29, 0.717) is 11.6 Å². The molecule has 0 saturated carbocycles. The molecule has 1 unspecified atom stereocenters. The van der Waals surface area contributed by atoms with Gasteiger partial charge in [-0.3, -0.25) is 9.48 Å². The smallest absolute Gasteiger partial charge is 0.219 e. The average Bonchev–Trinajstić information content (AvgIpc) is 3.20. The second-order valence-electron chi connectivity index (χ2n) is 9.10. The number of nitrogens with zero attached hydrogens (tertiary/aromatic N) is 6. The van der Waals surface area contributed by atoms with Crippen LogP contribution in [-0.4, -0.2) is 62.8 Å². The van der Waals surface area contributed by atoms with E-state index in [1.807, 2.05) is 42.7 Å². The van der Waals surface area contributed by atoms with Gasteiger partial charge in [0.25, 0.3) is 0 Å². The summed E-state index contributed by atoms with van der Waals surface area (Å²) in [5.74, 6) is 1.00. The van der Waals surface area contributed by atoms with Crippen molar-refractivity contribution in [3.8, 4) is 0 Å². The number of aryl methyl sites for hydroxylation is 1. The minimum absolute atomic E-state index is 0.0315. The van der Waals surface area contributed by atoms with Gasteiger partial charge in [0, 0.05) is 62.7 Å². The molecule has 33 heavy (non-hydrogen) atoms. The number of benzene rings is 1. The third-order valence-corrected chi connectivity index (χ3v) is 8.64. The molecule has 2 saturated heterocycles. The van der Waals surface area contributed by atoms with Crippen LogP contribution in [-0.2, 0) is 11.8 Å². The van der Waals surface area contributed by atoms with Crippen LogP contribution in [0.3, 0.4) is 0 Å². The number of carbonyl (C=O) groups is 1. The molecule has 2 aromatic heterocycles. The molecule has 2 aliphatic heterocycles. The lowest BCUT2D eigenvalue weighted by Crippen LogP contribution is -2.59. The number of rotatable bonds is 3. The molecule has 2 fully saturated rings. The number of halogens is 1. The minimum atomic E-state index is 0.0315. The van der Waals surface area contributed by atoms with Crippen molar-refractivity contribution in [2.45, 2.75) is 42.1 Å². The number of carbonyl (C=O) groups excluding carboxylic acids is 1. The number of likely N-dealkylation sites (tertiary alicyclic amines) is 1. The van der Waals surface area contributed by atoms with Gasteiger partial charge in [0.2, 0.25) is 5.91 Å². The van der Waals surface area contributed by atoms with Crippen LogP contribution in [0.25, 0.3) is 10.9 Å². The molecule has 1 spiro atoms. The molecule has 2 aliphatic rings. The largest absolute Gasteiger partial charge is 0.355 e. The van der Waals surface area contributed by atoms with Crippen molar-refractivity contribution in [1.82, 2.24) is 24.6 Å². The summed E-state index contributed by atoms with van der Waals surface area (Å²) in [5, 5.41) is 6.82. The topological polar surface area (TPSA) is 93.2 Å². The number of hydrogen-bond donors (Lipinski definition) is 1. The lowest BCUT2D eigenvalue weighted by atomic mass is 9.68. The fraction of sp³-hybridized carbons (Fsp3) is 0.478. The van der Waals surface area contributed by atoms with Gasteiger partial charge in [0.05, 0.1) is 22.9 Å². The Kier molecular flexibility index (Phi) is 5.96. The zero-order valence-electron chi connectivity index (χ0n) is 18.9. The van der Waals surface area contributed by atoms with E-state index in [4.69, 9.17) is 17.3 Å². The summed E-state index contributed by atoms with van der Waals surface area (Å²) in [6, 6.07) is 3.98. The number of amides is 1. The third kappa shape index (κ3) is 4.29. The number of piperidine rings is 2. The Bertz CT molecular complexity index is 1170. The van der Waals surface area contributed by atoms with E-state index in [9.17, 15) is 4.79 Å². The zero-order valence-corrected chi connectivity index (χ0v) is 20.4. The van der Waals surface area contributed by atoms with Gasteiger partial charge < -0.3 is 15.5 Å². The van der Waals surface area contributed by atoms with Crippen molar-refractivity contribution in [3.63, 3.8) is 0 Å². The average molecular weight is 486 g/mol. The monoisotopic (exact) mass is 485 g/mol. The number of hydrogen-bond acceptors (Lipinski definition) is 7. The Morgan fingerprint density at radius 1 is 1.18 bits per heavy atom. The van der Waals surface area contributed by atoms with E-state index >= 15 is 0 Å². The molecular formula is C23H28ClN7OS. The molecule has 2 N–H and O–H groups in total. The fourth-order valence-electron chi connectivity index (χ4n) is 5.03. The maximum Gasteiger partial charge on any atom is 0.219 e. The van der Waals surface area contributed by atoms with Gasteiger partial charge in [0.1, 0.15) is 10.8 Å². The molecule has 0 bridgehead atoms. The lowest BCUT2D eigenvalue weighted by molar-refractivity contribution is -0.132. The number of fused-ring (bicyclic) bond motifs is 1. The van der Waals surface area contributed by atoms with Crippen LogP contribution >= 0.6 is 23.4 Å². The van der Waals surface area contributed by atoms with Crippen LogP contribution in [0.5, 0.6) is 0 Å². The van der Waals surface area contributed by atoms with Crippen molar-refractivity contribution in [2.75, 3.05) is 31.1 Å². The summed E-state index contributed by atoms with van der Waals surface area (Å²) in [6.07, 6.45) is 8.58. The van der Waals surface area contributed by atoms with E-state index in [1.165, 1.54) is 11.8 Å². The molecular weight excluding hydrogens is 458 g/mol. The van der Waals surface area contributed by atoms with Gasteiger partial charge in [-0.1, -0.05) is 23.4 Å². The maximum absolute atomic E-state index is 11.7. The van der Waals surface area contributed by atoms with Crippen LogP contribution in [0.15, 0.2) is 40.6 Å². The van der Waals surface area contributed by atoms with E-state index in [0.717, 1.165) is 65.5 Å². The molecule has 0 radical (unpaired) electrons. The number of nitrogens with two attached hydrogens (primary N) is 1. The molecule has 1 amide bonds. The molecule has 174 valence electrons. The first kappa shape index (κ1) is 22.4. The van der Waals surface area contributed by atoms with E-state index < -0.39 is 0 Å². The summed E-state index contributed by atoms with van der Waals surface area (Å²) in [4.78, 5) is 26.1. The molecule has 10 heteroatoms. The van der Waals surface area contributed by atoms with Crippen LogP contribution < -0.4 is 10.6 Å². The van der Waals surface area contributed by atoms with Crippen LogP contribution in [0.1, 0.15) is 26.2 Å². The Hall–Kier alpha value is -2.36. The Balaban J connectivity index is 1.23. The van der Waals surface area contributed by atoms with E-state index in [2.05, 4.69) is 20.0 Å². The first-order valence-corrected chi connectivity index (χ1v) is 12.4. The summed E-state index contributed by atoms with van der Waals surface area (Å²) >= 11 is 8.11. The third-order valence-electron chi connectivity index (χ3n) is 7.14. The first-order valence-electron chi connectivity index (χ1n) is 11.2. The van der Waals surface area contributed by atoms with Crippen molar-refractivity contribution in [2.24, 2.45) is 18.2 Å². The van der Waals surface area contributed by atoms with Crippen LogP contribution in [0, 0.1) is 5.41 Å². The molecule has 0 aliphatic carbocycles. The van der Waals surface area contributed by atoms with Crippen LogP contribution in [0.4, 0.5) is 5.82 Å². The molecule has 3 aromatic rings. The summed E-state index contributed by atoms with van der Waals surface area (Å²) in [6.45, 7) is 4.90. The van der Waals surface area contributed by atoms with Crippen molar-refractivity contribution in [1.29, 1.82) is 0 Å². The van der Waals surface area contributed by atoms with Crippen molar-refractivity contribution in [3.05, 3.63) is 35.7 Å². The fourth-order valence-corrected chi connectivity index (χ4v) is 6.12. The summed E-state index contributed by atoms with van der Waals surface area (Å²) in [7, 11) is 1.89. The molecule has 4 heterocycles. The predicted octanol–water partition coefficient (Wildman–Crippen LogP) is 3.33. The summed E-state index contributed by atoms with van der Waals surface area (Å²) in [5.41, 5.74) is 7.53.